The summed E-state index contributed by atoms with van der Waals surface area (Å²) >= 11 is 0. The molecular weight excluding hydrogens is 925 g/mol. The summed E-state index contributed by atoms with van der Waals surface area (Å²) in [6, 6.07) is 16.3. The molecule has 0 aliphatic carbocycles. The van der Waals surface area contributed by atoms with Gasteiger partial charge >= 0.3 is 11.9 Å². The SMILES string of the molecule is COc1cc2c(cc1OC)[C@H](Cc1cc(OC)c(OC)c(OC)c1)N(CCCOC(=O)CC/C=C/CCC(=O)OCCCN1CCc3cc(OC)c(OC)cc3[C@@H]1Cc1cc(OC)c(OC)c(OC)c1)CC2. The molecule has 2 aliphatic heterocycles. The van der Waals surface area contributed by atoms with E-state index in [1.54, 1.807) is 71.1 Å². The highest BCUT2D eigenvalue weighted by molar-refractivity contribution is 5.70. The number of carbonyl (C=O) groups is 2. The van der Waals surface area contributed by atoms with Crippen LogP contribution in [-0.2, 0) is 44.7 Å². The number of fused-ring (bicyclic) bond motifs is 2. The average molecular weight is 999 g/mol. The van der Waals surface area contributed by atoms with E-state index in [-0.39, 0.29) is 36.9 Å². The molecular formula is C56H74N2O14. The Labute approximate surface area is 425 Å². The zero-order valence-corrected chi connectivity index (χ0v) is 43.9. The Morgan fingerprint density at radius 3 is 1.11 bits per heavy atom. The molecule has 0 radical (unpaired) electrons. The van der Waals surface area contributed by atoms with Gasteiger partial charge in [0.15, 0.2) is 46.0 Å². The minimum absolute atomic E-state index is 0.00441. The largest absolute Gasteiger partial charge is 0.493 e. The zero-order chi connectivity index (χ0) is 51.6. The van der Waals surface area contributed by atoms with Crippen molar-refractivity contribution in [2.24, 2.45) is 0 Å². The number of ether oxygens (including phenoxy) is 12. The van der Waals surface area contributed by atoms with Gasteiger partial charge in [0.1, 0.15) is 0 Å². The molecule has 0 aromatic heterocycles. The van der Waals surface area contributed by atoms with E-state index in [0.717, 1.165) is 61.3 Å². The number of carbonyl (C=O) groups excluding carboxylic acids is 2. The second-order valence-electron chi connectivity index (χ2n) is 17.6. The number of methoxy groups -OCH3 is 10. The van der Waals surface area contributed by atoms with E-state index < -0.39 is 0 Å². The smallest absolute Gasteiger partial charge is 0.306 e. The van der Waals surface area contributed by atoms with Crippen molar-refractivity contribution in [1.82, 2.24) is 9.80 Å². The fourth-order valence-corrected chi connectivity index (χ4v) is 9.82. The topological polar surface area (TPSA) is 151 Å². The fourth-order valence-electron chi connectivity index (χ4n) is 9.82. The first-order chi connectivity index (χ1) is 35.1. The van der Waals surface area contributed by atoms with Crippen LogP contribution in [0.15, 0.2) is 60.7 Å². The van der Waals surface area contributed by atoms with Crippen LogP contribution in [0.3, 0.4) is 0 Å². The van der Waals surface area contributed by atoms with Crippen LogP contribution in [0, 0.1) is 0 Å². The van der Waals surface area contributed by atoms with Gasteiger partial charge in [0, 0.05) is 51.1 Å². The van der Waals surface area contributed by atoms with Crippen LogP contribution in [0.4, 0.5) is 0 Å². The maximum Gasteiger partial charge on any atom is 0.306 e. The van der Waals surface area contributed by atoms with Crippen LogP contribution in [0.25, 0.3) is 0 Å². The van der Waals surface area contributed by atoms with Gasteiger partial charge in [-0.3, -0.25) is 19.4 Å². The number of esters is 2. The van der Waals surface area contributed by atoms with Crippen LogP contribution in [0.5, 0.6) is 57.5 Å². The van der Waals surface area contributed by atoms with Gasteiger partial charge in [-0.2, -0.15) is 0 Å². The molecule has 2 heterocycles. The maximum absolute atomic E-state index is 12.7. The Balaban J connectivity index is 0.940. The summed E-state index contributed by atoms with van der Waals surface area (Å²) in [4.78, 5) is 30.3. The third-order valence-corrected chi connectivity index (χ3v) is 13.4. The second-order valence-corrected chi connectivity index (χ2v) is 17.6. The Morgan fingerprint density at radius 2 is 0.792 bits per heavy atom. The lowest BCUT2D eigenvalue weighted by atomic mass is 9.88. The van der Waals surface area contributed by atoms with Crippen LogP contribution in [0.2, 0.25) is 0 Å². The molecule has 0 saturated heterocycles. The molecule has 4 aromatic rings. The normalized spacial score (nSPS) is 15.5. The quantitative estimate of drug-likeness (QED) is 0.0303. The van der Waals surface area contributed by atoms with Crippen LogP contribution in [-0.4, -0.2) is 132 Å². The molecule has 0 unspecified atom stereocenters. The molecule has 0 spiro atoms. The van der Waals surface area contributed by atoms with Gasteiger partial charge in [-0.05, 0) is 133 Å². The molecule has 0 amide bonds. The van der Waals surface area contributed by atoms with Crippen molar-refractivity contribution in [1.29, 1.82) is 0 Å². The minimum Gasteiger partial charge on any atom is -0.493 e. The van der Waals surface area contributed by atoms with E-state index in [1.807, 2.05) is 36.4 Å². The number of hydrogen-bond donors (Lipinski definition) is 0. The van der Waals surface area contributed by atoms with Crippen LogP contribution >= 0.6 is 0 Å². The van der Waals surface area contributed by atoms with Crippen molar-refractivity contribution in [3.05, 3.63) is 94.1 Å². The molecule has 392 valence electrons. The molecule has 2 aliphatic rings. The lowest BCUT2D eigenvalue weighted by molar-refractivity contribution is -0.144. The average Bonchev–Trinajstić information content (AvgIpc) is 3.41. The van der Waals surface area contributed by atoms with Crippen molar-refractivity contribution >= 4 is 11.9 Å². The van der Waals surface area contributed by atoms with Gasteiger partial charge in [-0.1, -0.05) is 12.2 Å². The summed E-state index contributed by atoms with van der Waals surface area (Å²) in [5.41, 5.74) is 6.79. The van der Waals surface area contributed by atoms with Gasteiger partial charge in [0.05, 0.1) is 84.3 Å². The maximum atomic E-state index is 12.7. The molecule has 72 heavy (non-hydrogen) atoms. The van der Waals surface area contributed by atoms with E-state index in [4.69, 9.17) is 56.8 Å². The summed E-state index contributed by atoms with van der Waals surface area (Å²) in [6.07, 6.45) is 9.76. The van der Waals surface area contributed by atoms with Gasteiger partial charge in [0.2, 0.25) is 11.5 Å². The van der Waals surface area contributed by atoms with Crippen molar-refractivity contribution in [2.45, 2.75) is 76.3 Å². The third-order valence-electron chi connectivity index (χ3n) is 13.4. The highest BCUT2D eigenvalue weighted by atomic mass is 16.6. The second kappa shape index (κ2) is 27.3. The predicted octanol–water partition coefficient (Wildman–Crippen LogP) is 8.74. The standard InChI is InChI=1S/C56H74N2O14/c1-61-45-33-39-19-23-57(43(41(39)35-47(45)63-3)27-37-29-49(65-5)55(69-9)50(30-37)66-6)21-15-25-71-53(59)17-13-11-12-14-18-54(60)72-26-16-22-58-24-20-40-34-46(62-2)48(64-4)36-42(40)44(58)28-38-31-51(67-7)56(70-10)52(32-38)68-8/h11-12,29-36,43-44H,13-28H2,1-10H3/b12-11+/t43-,44-/m0/s1. The van der Waals surface area contributed by atoms with E-state index in [1.165, 1.54) is 11.1 Å². The van der Waals surface area contributed by atoms with E-state index in [0.29, 0.717) is 109 Å². The molecule has 16 nitrogen and oxygen atoms in total. The first-order valence-electron chi connectivity index (χ1n) is 24.6. The highest BCUT2D eigenvalue weighted by Gasteiger charge is 2.32. The Morgan fingerprint density at radius 1 is 0.458 bits per heavy atom. The minimum atomic E-state index is -0.254. The third kappa shape index (κ3) is 13.7. The first kappa shape index (κ1) is 54.8. The number of rotatable bonds is 28. The van der Waals surface area contributed by atoms with E-state index >= 15 is 0 Å². The van der Waals surface area contributed by atoms with E-state index in [9.17, 15) is 9.59 Å². The Hall–Kier alpha value is -6.52. The molecule has 0 fully saturated rings. The Bertz CT molecular complexity index is 2240. The van der Waals surface area contributed by atoms with Crippen molar-refractivity contribution in [3.8, 4) is 57.5 Å². The molecule has 6 rings (SSSR count). The molecule has 4 aromatic carbocycles. The highest BCUT2D eigenvalue weighted by Crippen LogP contribution is 2.45. The number of allylic oxidation sites excluding steroid dienone is 2. The van der Waals surface area contributed by atoms with Crippen molar-refractivity contribution in [3.63, 3.8) is 0 Å². The van der Waals surface area contributed by atoms with Crippen LogP contribution in [0.1, 0.15) is 84.0 Å². The lowest BCUT2D eigenvalue weighted by Gasteiger charge is -2.38. The zero-order valence-electron chi connectivity index (χ0n) is 43.9. The first-order valence-corrected chi connectivity index (χ1v) is 24.6. The molecule has 0 saturated carbocycles. The van der Waals surface area contributed by atoms with Crippen molar-refractivity contribution < 1.29 is 66.4 Å². The summed E-state index contributed by atoms with van der Waals surface area (Å²) in [5, 5.41) is 0. The lowest BCUT2D eigenvalue weighted by Crippen LogP contribution is -2.37. The number of benzene rings is 4. The van der Waals surface area contributed by atoms with Crippen LogP contribution < -0.4 is 47.4 Å². The molecule has 0 bridgehead atoms. The van der Waals surface area contributed by atoms with Gasteiger partial charge in [0.25, 0.3) is 0 Å². The molecule has 2 atom stereocenters. The van der Waals surface area contributed by atoms with Gasteiger partial charge < -0.3 is 56.8 Å². The summed E-state index contributed by atoms with van der Waals surface area (Å²) < 4.78 is 67.9. The number of nitrogens with zero attached hydrogens (tertiary/aromatic N) is 2. The fraction of sp³-hybridized carbons (Fsp3) is 0.500. The molecule has 16 heteroatoms. The summed E-state index contributed by atoms with van der Waals surface area (Å²) in [6.45, 7) is 3.71. The summed E-state index contributed by atoms with van der Waals surface area (Å²) in [5.74, 6) is 5.72. The number of hydrogen-bond acceptors (Lipinski definition) is 16. The van der Waals surface area contributed by atoms with Gasteiger partial charge in [-0.15, -0.1) is 0 Å². The monoisotopic (exact) mass is 999 g/mol. The predicted molar refractivity (Wildman–Crippen MR) is 273 cm³/mol. The Kier molecular flexibility index (Phi) is 20.8. The van der Waals surface area contributed by atoms with Crippen molar-refractivity contribution in [2.75, 3.05) is 110 Å². The van der Waals surface area contributed by atoms with E-state index in [2.05, 4.69) is 34.1 Å². The summed E-state index contributed by atoms with van der Waals surface area (Å²) in [7, 11) is 16.2. The molecule has 0 N–H and O–H groups in total. The van der Waals surface area contributed by atoms with Gasteiger partial charge in [-0.25, -0.2) is 0 Å².